The van der Waals surface area contributed by atoms with Gasteiger partial charge in [-0.1, -0.05) is 13.0 Å². The van der Waals surface area contributed by atoms with E-state index in [2.05, 4.69) is 4.98 Å². The molecule has 0 saturated carbocycles. The fourth-order valence-corrected chi connectivity index (χ4v) is 2.70. The highest BCUT2D eigenvalue weighted by atomic mass is 19.1. The lowest BCUT2D eigenvalue weighted by atomic mass is 10.2. The molecule has 3 aromatic rings. The van der Waals surface area contributed by atoms with Crippen molar-refractivity contribution >= 4 is 12.0 Å². The van der Waals surface area contributed by atoms with E-state index in [1.54, 1.807) is 24.3 Å². The maximum Gasteiger partial charge on any atom is 0.331 e. The number of nitrogens with zero attached hydrogens (tertiary/aromatic N) is 1. The van der Waals surface area contributed by atoms with Gasteiger partial charge in [-0.2, -0.15) is 0 Å². The fraction of sp³-hybridized carbons (Fsp3) is 0.250. The first-order valence-electron chi connectivity index (χ1n) is 10.0. The number of carbonyl (C=O) groups is 1. The van der Waals surface area contributed by atoms with Gasteiger partial charge in [-0.15, -0.1) is 0 Å². The highest BCUT2D eigenvalue weighted by Crippen LogP contribution is 2.29. The Bertz CT molecular complexity index is 1030. The summed E-state index contributed by atoms with van der Waals surface area (Å²) in [6.45, 7) is 4.93. The summed E-state index contributed by atoms with van der Waals surface area (Å²) in [4.78, 5) is 16.1. The number of benzene rings is 2. The van der Waals surface area contributed by atoms with E-state index in [0.29, 0.717) is 36.0 Å². The molecule has 0 saturated heterocycles. The summed E-state index contributed by atoms with van der Waals surface area (Å²) in [5.41, 5.74) is 1.46. The van der Waals surface area contributed by atoms with E-state index in [0.717, 1.165) is 12.0 Å². The van der Waals surface area contributed by atoms with Gasteiger partial charge in [0.05, 0.1) is 19.4 Å². The maximum atomic E-state index is 13.0. The van der Waals surface area contributed by atoms with Crippen LogP contribution in [0.1, 0.15) is 31.7 Å². The van der Waals surface area contributed by atoms with Gasteiger partial charge in [-0.25, -0.2) is 14.2 Å². The first-order valence-corrected chi connectivity index (χ1v) is 10.0. The Morgan fingerprint density at radius 2 is 1.90 bits per heavy atom. The second-order valence-corrected chi connectivity index (χ2v) is 6.55. The van der Waals surface area contributed by atoms with E-state index in [1.165, 1.54) is 24.4 Å². The van der Waals surface area contributed by atoms with Crippen LogP contribution in [0.2, 0.25) is 0 Å². The fourth-order valence-electron chi connectivity index (χ4n) is 2.70. The molecule has 7 heteroatoms. The predicted octanol–water partition coefficient (Wildman–Crippen LogP) is 5.42. The molecular weight excluding hydrogens is 401 g/mol. The molecular formula is C24H24FNO5. The average Bonchev–Trinajstić information content (AvgIpc) is 3.25. The van der Waals surface area contributed by atoms with Crippen molar-refractivity contribution in [1.29, 1.82) is 0 Å². The van der Waals surface area contributed by atoms with Crippen LogP contribution in [-0.2, 0) is 16.1 Å². The standard InChI is InChI=1S/C24H24FNO5/c1-3-13-29-20-11-5-17(14-21(20)28-4-2)6-12-24(27)30-16-23-26-15-22(31-23)18-7-9-19(25)10-8-18/h5-12,14-15H,3-4,13,16H2,1-2H3. The number of ether oxygens (including phenoxy) is 3. The highest BCUT2D eigenvalue weighted by Gasteiger charge is 2.09. The molecule has 0 bridgehead atoms. The van der Waals surface area contributed by atoms with Crippen LogP contribution >= 0.6 is 0 Å². The molecule has 2 aromatic carbocycles. The monoisotopic (exact) mass is 425 g/mol. The van der Waals surface area contributed by atoms with Crippen LogP contribution in [0.25, 0.3) is 17.4 Å². The summed E-state index contributed by atoms with van der Waals surface area (Å²) >= 11 is 0. The van der Waals surface area contributed by atoms with Crippen molar-refractivity contribution in [1.82, 2.24) is 4.98 Å². The smallest absolute Gasteiger partial charge is 0.331 e. The Morgan fingerprint density at radius 1 is 1.10 bits per heavy atom. The molecule has 0 N–H and O–H groups in total. The first kappa shape index (κ1) is 22.1. The molecule has 31 heavy (non-hydrogen) atoms. The minimum atomic E-state index is -0.536. The Hall–Kier alpha value is -3.61. The summed E-state index contributed by atoms with van der Waals surface area (Å²) in [5, 5.41) is 0. The number of halogens is 1. The SMILES string of the molecule is CCCOc1ccc(C=CC(=O)OCc2ncc(-c3ccc(F)cc3)o2)cc1OCC. The summed E-state index contributed by atoms with van der Waals surface area (Å²) in [5.74, 6) is 1.14. The summed E-state index contributed by atoms with van der Waals surface area (Å²) < 4.78 is 35.0. The third kappa shape index (κ3) is 6.44. The minimum Gasteiger partial charge on any atom is -0.490 e. The van der Waals surface area contributed by atoms with Crippen molar-refractivity contribution in [3.63, 3.8) is 0 Å². The van der Waals surface area contributed by atoms with Crippen LogP contribution in [0.3, 0.4) is 0 Å². The van der Waals surface area contributed by atoms with Crippen LogP contribution in [0.15, 0.2) is 59.2 Å². The average molecular weight is 425 g/mol. The molecule has 0 atom stereocenters. The Balaban J connectivity index is 1.57. The van der Waals surface area contributed by atoms with Gasteiger partial charge >= 0.3 is 5.97 Å². The second-order valence-electron chi connectivity index (χ2n) is 6.55. The minimum absolute atomic E-state index is 0.113. The number of carbonyl (C=O) groups excluding carboxylic acids is 1. The molecule has 0 aliphatic carbocycles. The van der Waals surface area contributed by atoms with E-state index in [-0.39, 0.29) is 18.3 Å². The van der Waals surface area contributed by atoms with Gasteiger partial charge in [0.15, 0.2) is 23.9 Å². The van der Waals surface area contributed by atoms with E-state index < -0.39 is 5.97 Å². The molecule has 3 rings (SSSR count). The van der Waals surface area contributed by atoms with Crippen LogP contribution in [0.5, 0.6) is 11.5 Å². The van der Waals surface area contributed by atoms with Gasteiger partial charge in [0, 0.05) is 11.6 Å². The van der Waals surface area contributed by atoms with Crippen molar-refractivity contribution in [2.24, 2.45) is 0 Å². The normalized spacial score (nSPS) is 10.9. The predicted molar refractivity (Wildman–Crippen MR) is 114 cm³/mol. The van der Waals surface area contributed by atoms with Crippen molar-refractivity contribution < 1.29 is 27.8 Å². The van der Waals surface area contributed by atoms with Gasteiger partial charge in [-0.3, -0.25) is 0 Å². The van der Waals surface area contributed by atoms with E-state index >= 15 is 0 Å². The van der Waals surface area contributed by atoms with Crippen molar-refractivity contribution in [3.8, 4) is 22.8 Å². The van der Waals surface area contributed by atoms with E-state index in [1.807, 2.05) is 26.0 Å². The number of hydrogen-bond acceptors (Lipinski definition) is 6. The zero-order valence-electron chi connectivity index (χ0n) is 17.5. The largest absolute Gasteiger partial charge is 0.490 e. The quantitative estimate of drug-likeness (QED) is 0.319. The molecule has 1 heterocycles. The van der Waals surface area contributed by atoms with Gasteiger partial charge in [0.2, 0.25) is 5.89 Å². The summed E-state index contributed by atoms with van der Waals surface area (Å²) in [7, 11) is 0. The molecule has 0 fully saturated rings. The number of aromatic nitrogens is 1. The maximum absolute atomic E-state index is 13.0. The molecule has 162 valence electrons. The Kier molecular flexibility index (Phi) is 7.81. The Labute approximate surface area is 180 Å². The summed E-state index contributed by atoms with van der Waals surface area (Å²) in [6.07, 6.45) is 5.36. The third-order valence-corrected chi connectivity index (χ3v) is 4.16. The molecule has 0 aliphatic heterocycles. The van der Waals surface area contributed by atoms with Gasteiger partial charge in [0.1, 0.15) is 5.82 Å². The highest BCUT2D eigenvalue weighted by molar-refractivity contribution is 5.87. The number of oxazole rings is 1. The van der Waals surface area contributed by atoms with Crippen molar-refractivity contribution in [2.75, 3.05) is 13.2 Å². The molecule has 0 amide bonds. The number of hydrogen-bond donors (Lipinski definition) is 0. The molecule has 1 aromatic heterocycles. The van der Waals surface area contributed by atoms with Gasteiger partial charge in [-0.05, 0) is 61.4 Å². The van der Waals surface area contributed by atoms with Crippen LogP contribution in [0.4, 0.5) is 4.39 Å². The lowest BCUT2D eigenvalue weighted by Gasteiger charge is -2.12. The molecule has 0 unspecified atom stereocenters. The number of esters is 1. The van der Waals surface area contributed by atoms with E-state index in [9.17, 15) is 9.18 Å². The summed E-state index contributed by atoms with van der Waals surface area (Å²) in [6, 6.07) is 11.3. The van der Waals surface area contributed by atoms with Crippen molar-refractivity contribution in [2.45, 2.75) is 26.9 Å². The van der Waals surface area contributed by atoms with Crippen molar-refractivity contribution in [3.05, 3.63) is 72.0 Å². The zero-order chi connectivity index (χ0) is 22.1. The Morgan fingerprint density at radius 3 is 2.65 bits per heavy atom. The lowest BCUT2D eigenvalue weighted by Crippen LogP contribution is -2.01. The molecule has 6 nitrogen and oxygen atoms in total. The zero-order valence-corrected chi connectivity index (χ0v) is 17.5. The topological polar surface area (TPSA) is 70.8 Å². The number of rotatable bonds is 10. The molecule has 0 aliphatic rings. The van der Waals surface area contributed by atoms with Crippen LogP contribution in [-0.4, -0.2) is 24.2 Å². The van der Waals surface area contributed by atoms with Gasteiger partial charge < -0.3 is 18.6 Å². The molecule has 0 radical (unpaired) electrons. The van der Waals surface area contributed by atoms with Gasteiger partial charge in [0.25, 0.3) is 0 Å². The molecule has 0 spiro atoms. The van der Waals surface area contributed by atoms with E-state index in [4.69, 9.17) is 18.6 Å². The lowest BCUT2D eigenvalue weighted by molar-refractivity contribution is -0.139. The van der Waals surface area contributed by atoms with Crippen LogP contribution in [0, 0.1) is 5.82 Å². The first-order chi connectivity index (χ1) is 15.1. The third-order valence-electron chi connectivity index (χ3n) is 4.16. The second kappa shape index (κ2) is 11.0. The van der Waals surface area contributed by atoms with Crippen LogP contribution < -0.4 is 9.47 Å².